The van der Waals surface area contributed by atoms with Crippen LogP contribution in [0.15, 0.2) is 12.2 Å². The van der Waals surface area contributed by atoms with Crippen LogP contribution in [0, 0.1) is 0 Å². The highest BCUT2D eigenvalue weighted by atomic mass is 16.5. The van der Waals surface area contributed by atoms with Crippen molar-refractivity contribution in [2.45, 2.75) is 64.4 Å². The molecular weight excluding hydrogens is 188 g/mol. The molecule has 0 radical (unpaired) electrons. The summed E-state index contributed by atoms with van der Waals surface area (Å²) in [5.41, 5.74) is 0. The van der Waals surface area contributed by atoms with Gasteiger partial charge >= 0.3 is 5.97 Å². The summed E-state index contributed by atoms with van der Waals surface area (Å²) < 4.78 is 5.46. The first kappa shape index (κ1) is 12.3. The van der Waals surface area contributed by atoms with E-state index in [9.17, 15) is 4.79 Å². The molecule has 0 heterocycles. The Morgan fingerprint density at radius 3 is 2.93 bits per heavy atom. The van der Waals surface area contributed by atoms with E-state index in [0.29, 0.717) is 6.42 Å². The molecule has 15 heavy (non-hydrogen) atoms. The molecule has 0 spiro atoms. The molecule has 0 fully saturated rings. The maximum atomic E-state index is 11.4. The number of hydrogen-bond donors (Lipinski definition) is 0. The number of esters is 1. The summed E-state index contributed by atoms with van der Waals surface area (Å²) in [6.45, 7) is 2.09. The topological polar surface area (TPSA) is 26.3 Å². The van der Waals surface area contributed by atoms with Crippen molar-refractivity contribution in [1.82, 2.24) is 0 Å². The van der Waals surface area contributed by atoms with Crippen LogP contribution >= 0.6 is 0 Å². The zero-order chi connectivity index (χ0) is 10.9. The molecule has 0 aromatic carbocycles. The van der Waals surface area contributed by atoms with Gasteiger partial charge in [0.15, 0.2) is 0 Å². The molecule has 0 bridgehead atoms. The summed E-state index contributed by atoms with van der Waals surface area (Å²) in [7, 11) is 0. The van der Waals surface area contributed by atoms with Crippen molar-refractivity contribution in [3.8, 4) is 0 Å². The van der Waals surface area contributed by atoms with Crippen LogP contribution in [0.5, 0.6) is 0 Å². The summed E-state index contributed by atoms with van der Waals surface area (Å²) in [5.74, 6) is -0.00796. The fourth-order valence-corrected chi connectivity index (χ4v) is 1.81. The molecule has 0 unspecified atom stereocenters. The van der Waals surface area contributed by atoms with Crippen LogP contribution < -0.4 is 0 Å². The predicted octanol–water partition coefficient (Wildman–Crippen LogP) is 3.61. The minimum Gasteiger partial charge on any atom is -0.462 e. The van der Waals surface area contributed by atoms with Crippen LogP contribution in [-0.4, -0.2) is 12.1 Å². The lowest BCUT2D eigenvalue weighted by atomic mass is 10.0. The number of carbonyl (C=O) groups is 1. The molecule has 0 aromatic rings. The van der Waals surface area contributed by atoms with E-state index in [-0.39, 0.29) is 12.1 Å². The van der Waals surface area contributed by atoms with Gasteiger partial charge in [-0.05, 0) is 38.5 Å². The standard InChI is InChI=1S/C13H22O2/c1-2-3-11-13(14)15-12-9-7-5-4-6-8-10-12/h4-5,12H,2-3,6-11H2,1H3/t12-/m1/s1. The summed E-state index contributed by atoms with van der Waals surface area (Å²) >= 11 is 0. The van der Waals surface area contributed by atoms with Crippen LogP contribution in [-0.2, 0) is 9.53 Å². The third kappa shape index (κ3) is 5.60. The van der Waals surface area contributed by atoms with E-state index in [4.69, 9.17) is 4.74 Å². The maximum Gasteiger partial charge on any atom is 0.306 e. The summed E-state index contributed by atoms with van der Waals surface area (Å²) in [5, 5.41) is 0. The van der Waals surface area contributed by atoms with E-state index in [0.717, 1.165) is 44.9 Å². The zero-order valence-corrected chi connectivity index (χ0v) is 9.71. The molecule has 2 heteroatoms. The number of rotatable bonds is 4. The Labute approximate surface area is 92.7 Å². The van der Waals surface area contributed by atoms with E-state index >= 15 is 0 Å². The van der Waals surface area contributed by atoms with Crippen LogP contribution in [0.4, 0.5) is 0 Å². The molecule has 0 aliphatic heterocycles. The molecule has 0 amide bonds. The molecule has 1 rings (SSSR count). The van der Waals surface area contributed by atoms with E-state index in [1.807, 2.05) is 0 Å². The van der Waals surface area contributed by atoms with Gasteiger partial charge in [0.25, 0.3) is 0 Å². The lowest BCUT2D eigenvalue weighted by molar-refractivity contribution is -0.149. The van der Waals surface area contributed by atoms with Gasteiger partial charge in [-0.2, -0.15) is 0 Å². The lowest BCUT2D eigenvalue weighted by Crippen LogP contribution is -2.18. The third-order valence-electron chi connectivity index (χ3n) is 2.75. The molecule has 1 atom stereocenters. The molecule has 0 saturated carbocycles. The van der Waals surface area contributed by atoms with E-state index in [2.05, 4.69) is 19.1 Å². The van der Waals surface area contributed by atoms with E-state index < -0.39 is 0 Å². The fraction of sp³-hybridized carbons (Fsp3) is 0.769. The number of ether oxygens (including phenoxy) is 1. The quantitative estimate of drug-likeness (QED) is 0.523. The average molecular weight is 210 g/mol. The van der Waals surface area contributed by atoms with E-state index in [1.54, 1.807) is 0 Å². The van der Waals surface area contributed by atoms with Gasteiger partial charge in [0.1, 0.15) is 6.10 Å². The molecule has 2 nitrogen and oxygen atoms in total. The second-order valence-electron chi connectivity index (χ2n) is 4.20. The number of hydrogen-bond acceptors (Lipinski definition) is 2. The van der Waals surface area contributed by atoms with Gasteiger partial charge in [-0.1, -0.05) is 25.5 Å². The Kier molecular flexibility index (Phi) is 6.14. The van der Waals surface area contributed by atoms with Crippen molar-refractivity contribution >= 4 is 5.97 Å². The first-order valence-electron chi connectivity index (χ1n) is 6.17. The Morgan fingerprint density at radius 2 is 2.13 bits per heavy atom. The van der Waals surface area contributed by atoms with Crippen molar-refractivity contribution in [1.29, 1.82) is 0 Å². The van der Waals surface area contributed by atoms with Gasteiger partial charge in [0.2, 0.25) is 0 Å². The minimum absolute atomic E-state index is 0.00796. The van der Waals surface area contributed by atoms with Gasteiger partial charge in [0.05, 0.1) is 0 Å². The van der Waals surface area contributed by atoms with Crippen molar-refractivity contribution in [2.75, 3.05) is 0 Å². The molecule has 0 N–H and O–H groups in total. The highest BCUT2D eigenvalue weighted by Gasteiger charge is 2.13. The summed E-state index contributed by atoms with van der Waals surface area (Å²) in [4.78, 5) is 11.4. The average Bonchev–Trinajstić information content (AvgIpc) is 2.19. The van der Waals surface area contributed by atoms with Crippen LogP contribution in [0.3, 0.4) is 0 Å². The highest BCUT2D eigenvalue weighted by Crippen LogP contribution is 2.16. The molecule has 86 valence electrons. The Morgan fingerprint density at radius 1 is 1.33 bits per heavy atom. The first-order valence-corrected chi connectivity index (χ1v) is 6.17. The second kappa shape index (κ2) is 7.49. The van der Waals surface area contributed by atoms with Crippen LogP contribution in [0.1, 0.15) is 58.3 Å². The van der Waals surface area contributed by atoms with Gasteiger partial charge in [-0.25, -0.2) is 0 Å². The highest BCUT2D eigenvalue weighted by molar-refractivity contribution is 5.69. The first-order chi connectivity index (χ1) is 7.33. The number of allylic oxidation sites excluding steroid dienone is 2. The molecular formula is C13H22O2. The largest absolute Gasteiger partial charge is 0.462 e. The monoisotopic (exact) mass is 210 g/mol. The lowest BCUT2D eigenvalue weighted by Gasteiger charge is -2.18. The molecule has 0 saturated heterocycles. The SMILES string of the molecule is CCCCC(=O)O[C@@H]1CCC=CCCC1. The summed E-state index contributed by atoms with van der Waals surface area (Å²) in [6, 6.07) is 0. The van der Waals surface area contributed by atoms with Crippen molar-refractivity contribution in [3.05, 3.63) is 12.2 Å². The van der Waals surface area contributed by atoms with E-state index in [1.165, 1.54) is 0 Å². The Bertz CT molecular complexity index is 209. The van der Waals surface area contributed by atoms with Gasteiger partial charge < -0.3 is 4.74 Å². The number of unbranched alkanes of at least 4 members (excludes halogenated alkanes) is 1. The maximum absolute atomic E-state index is 11.4. The van der Waals surface area contributed by atoms with Gasteiger partial charge in [-0.15, -0.1) is 0 Å². The predicted molar refractivity (Wildman–Crippen MR) is 61.6 cm³/mol. The molecule has 1 aliphatic carbocycles. The van der Waals surface area contributed by atoms with Crippen LogP contribution in [0.25, 0.3) is 0 Å². The molecule has 0 aromatic heterocycles. The smallest absolute Gasteiger partial charge is 0.306 e. The minimum atomic E-state index is -0.00796. The summed E-state index contributed by atoms with van der Waals surface area (Å²) in [6.07, 6.45) is 12.5. The van der Waals surface area contributed by atoms with Gasteiger partial charge in [-0.3, -0.25) is 4.79 Å². The van der Waals surface area contributed by atoms with Crippen molar-refractivity contribution in [3.63, 3.8) is 0 Å². The Hall–Kier alpha value is -0.790. The Balaban J connectivity index is 2.23. The normalized spacial score (nSPS) is 21.8. The van der Waals surface area contributed by atoms with Crippen molar-refractivity contribution < 1.29 is 9.53 Å². The van der Waals surface area contributed by atoms with Crippen LogP contribution in [0.2, 0.25) is 0 Å². The van der Waals surface area contributed by atoms with Gasteiger partial charge in [0, 0.05) is 6.42 Å². The third-order valence-corrected chi connectivity index (χ3v) is 2.75. The molecule has 1 aliphatic rings. The zero-order valence-electron chi connectivity index (χ0n) is 9.71. The fourth-order valence-electron chi connectivity index (χ4n) is 1.81. The second-order valence-corrected chi connectivity index (χ2v) is 4.20. The van der Waals surface area contributed by atoms with Crippen molar-refractivity contribution in [2.24, 2.45) is 0 Å². The number of carbonyl (C=O) groups excluding carboxylic acids is 1.